The van der Waals surface area contributed by atoms with E-state index in [1.54, 1.807) is 12.1 Å². The Morgan fingerprint density at radius 3 is 2.33 bits per heavy atom. The molecule has 0 radical (unpaired) electrons. The van der Waals surface area contributed by atoms with Crippen LogP contribution in [0.5, 0.6) is 0 Å². The van der Waals surface area contributed by atoms with Crippen LogP contribution in [0.15, 0.2) is 84.9 Å². The van der Waals surface area contributed by atoms with Crippen LogP contribution in [0, 0.1) is 11.3 Å². The van der Waals surface area contributed by atoms with Gasteiger partial charge in [-0.1, -0.05) is 72.3 Å². The molecule has 0 aliphatic rings. The molecule has 1 amide bonds. The zero-order valence-corrected chi connectivity index (χ0v) is 20.5. The molecule has 0 saturated heterocycles. The summed E-state index contributed by atoms with van der Waals surface area (Å²) in [6, 6.07) is 28.6. The summed E-state index contributed by atoms with van der Waals surface area (Å²) in [5, 5.41) is 17.5. The molecule has 6 nitrogen and oxygen atoms in total. The van der Waals surface area contributed by atoms with Gasteiger partial charge in [0, 0.05) is 22.8 Å². The molecule has 176 valence electrons. The predicted molar refractivity (Wildman–Crippen MR) is 147 cm³/mol. The van der Waals surface area contributed by atoms with Gasteiger partial charge in [-0.25, -0.2) is 4.98 Å². The van der Waals surface area contributed by atoms with E-state index in [9.17, 15) is 10.1 Å². The van der Waals surface area contributed by atoms with Gasteiger partial charge in [-0.05, 0) is 35.4 Å². The molecular formula is C28H20ClN5OS. The summed E-state index contributed by atoms with van der Waals surface area (Å²) in [5.74, 6) is -0.224. The maximum atomic E-state index is 13.6. The number of aromatic nitrogens is 1. The number of benzene rings is 3. The fourth-order valence-corrected chi connectivity index (χ4v) is 5.30. The van der Waals surface area contributed by atoms with Gasteiger partial charge in [0.05, 0.1) is 10.2 Å². The summed E-state index contributed by atoms with van der Waals surface area (Å²) in [4.78, 5) is 18.1. The monoisotopic (exact) mass is 509 g/mol. The number of hydrogen-bond donors (Lipinski definition) is 3. The molecule has 5 aromatic rings. The fraction of sp³-hybridized carbons (Fsp3) is 0.0357. The largest absolute Gasteiger partial charge is 0.383 e. The van der Waals surface area contributed by atoms with Crippen LogP contribution in [0.2, 0.25) is 5.02 Å². The van der Waals surface area contributed by atoms with Crippen LogP contribution < -0.4 is 16.4 Å². The molecule has 0 fully saturated rings. The predicted octanol–water partition coefficient (Wildman–Crippen LogP) is 6.74. The standard InChI is InChI=1S/C28H20ClN5OS/c29-19-13-11-18(12-14-19)22-21(15-30)26(31)34-24-23(27(35)32-16-17-7-3-1-4-8-17)28(36-25(22)24)33-20-9-5-2-6-10-20/h1-14,33H,16H2,(H2,31,34)(H,32,35). The molecule has 3 aromatic carbocycles. The van der Waals surface area contributed by atoms with Crippen LogP contribution >= 0.6 is 22.9 Å². The topological polar surface area (TPSA) is 104 Å². The second kappa shape index (κ2) is 10.1. The normalized spacial score (nSPS) is 10.7. The number of thiophene rings is 1. The second-order valence-corrected chi connectivity index (χ2v) is 9.47. The van der Waals surface area contributed by atoms with E-state index in [0.29, 0.717) is 37.9 Å². The maximum Gasteiger partial charge on any atom is 0.256 e. The zero-order valence-electron chi connectivity index (χ0n) is 19.0. The average molecular weight is 510 g/mol. The molecule has 0 spiro atoms. The van der Waals surface area contributed by atoms with Gasteiger partial charge < -0.3 is 16.4 Å². The van der Waals surface area contributed by atoms with Gasteiger partial charge in [0.25, 0.3) is 5.91 Å². The zero-order chi connectivity index (χ0) is 25.1. The van der Waals surface area contributed by atoms with Crippen molar-refractivity contribution in [2.24, 2.45) is 0 Å². The maximum absolute atomic E-state index is 13.6. The molecule has 2 heterocycles. The van der Waals surface area contributed by atoms with E-state index in [1.807, 2.05) is 72.8 Å². The molecule has 0 bridgehead atoms. The molecule has 8 heteroatoms. The number of fused-ring (bicyclic) bond motifs is 1. The highest BCUT2D eigenvalue weighted by Gasteiger charge is 2.26. The van der Waals surface area contributed by atoms with Crippen molar-refractivity contribution in [1.82, 2.24) is 10.3 Å². The number of para-hydroxylation sites is 1. The van der Waals surface area contributed by atoms with E-state index in [4.69, 9.17) is 17.3 Å². The van der Waals surface area contributed by atoms with Crippen molar-refractivity contribution in [2.75, 3.05) is 11.1 Å². The SMILES string of the molecule is N#Cc1c(N)nc2c(C(=O)NCc3ccccc3)c(Nc3ccccc3)sc2c1-c1ccc(Cl)cc1. The van der Waals surface area contributed by atoms with Gasteiger partial charge in [0.15, 0.2) is 0 Å². The van der Waals surface area contributed by atoms with Crippen LogP contribution in [-0.4, -0.2) is 10.9 Å². The van der Waals surface area contributed by atoms with Crippen LogP contribution in [0.1, 0.15) is 21.5 Å². The van der Waals surface area contributed by atoms with E-state index in [1.165, 1.54) is 11.3 Å². The second-order valence-electron chi connectivity index (χ2n) is 8.01. The number of nitrogens with one attached hydrogen (secondary N) is 2. The Labute approximate surface area is 217 Å². The number of anilines is 3. The number of nitrogen functional groups attached to an aromatic ring is 1. The van der Waals surface area contributed by atoms with Gasteiger partial charge >= 0.3 is 0 Å². The third kappa shape index (κ3) is 4.60. The molecule has 0 aliphatic carbocycles. The van der Waals surface area contributed by atoms with Crippen molar-refractivity contribution in [3.05, 3.63) is 107 Å². The summed E-state index contributed by atoms with van der Waals surface area (Å²) < 4.78 is 0.686. The lowest BCUT2D eigenvalue weighted by atomic mass is 10.00. The van der Waals surface area contributed by atoms with Crippen molar-refractivity contribution < 1.29 is 4.79 Å². The number of amides is 1. The van der Waals surface area contributed by atoms with E-state index in [2.05, 4.69) is 21.7 Å². The number of carbonyl (C=O) groups excluding carboxylic acids is 1. The molecule has 0 atom stereocenters. The summed E-state index contributed by atoms with van der Waals surface area (Å²) in [6.07, 6.45) is 0. The summed E-state index contributed by atoms with van der Waals surface area (Å²) in [6.45, 7) is 0.359. The number of pyridine rings is 1. The third-order valence-corrected chi connectivity index (χ3v) is 7.01. The minimum Gasteiger partial charge on any atom is -0.383 e. The Morgan fingerprint density at radius 2 is 1.67 bits per heavy atom. The van der Waals surface area contributed by atoms with Crippen LogP contribution in [-0.2, 0) is 6.54 Å². The Hall–Kier alpha value is -4.38. The van der Waals surface area contributed by atoms with Gasteiger partial charge in [-0.3, -0.25) is 4.79 Å². The first-order valence-electron chi connectivity index (χ1n) is 11.1. The average Bonchev–Trinajstić information content (AvgIpc) is 3.25. The van der Waals surface area contributed by atoms with Crippen molar-refractivity contribution >= 4 is 55.6 Å². The molecule has 5 rings (SSSR count). The number of rotatable bonds is 6. The number of halogens is 1. The van der Waals surface area contributed by atoms with E-state index < -0.39 is 0 Å². The van der Waals surface area contributed by atoms with Crippen molar-refractivity contribution in [1.29, 1.82) is 5.26 Å². The number of nitrogens with two attached hydrogens (primary N) is 1. The summed E-state index contributed by atoms with van der Waals surface area (Å²) >= 11 is 7.46. The lowest BCUT2D eigenvalue weighted by molar-refractivity contribution is 0.0953. The van der Waals surface area contributed by atoms with E-state index in [-0.39, 0.29) is 17.3 Å². The van der Waals surface area contributed by atoms with Crippen LogP contribution in [0.25, 0.3) is 21.3 Å². The Bertz CT molecular complexity index is 1590. The van der Waals surface area contributed by atoms with Gasteiger partial charge in [0.1, 0.15) is 28.0 Å². The first-order valence-corrected chi connectivity index (χ1v) is 12.3. The van der Waals surface area contributed by atoms with E-state index in [0.717, 1.165) is 16.8 Å². The molecule has 0 saturated carbocycles. The minimum atomic E-state index is -0.290. The smallest absolute Gasteiger partial charge is 0.256 e. The van der Waals surface area contributed by atoms with Gasteiger partial charge in [0.2, 0.25) is 0 Å². The highest BCUT2D eigenvalue weighted by molar-refractivity contribution is 7.24. The highest BCUT2D eigenvalue weighted by atomic mass is 35.5. The van der Waals surface area contributed by atoms with Crippen LogP contribution in [0.3, 0.4) is 0 Å². The highest BCUT2D eigenvalue weighted by Crippen LogP contribution is 2.44. The first-order chi connectivity index (χ1) is 17.5. The Balaban J connectivity index is 1.69. The quantitative estimate of drug-likeness (QED) is 0.235. The van der Waals surface area contributed by atoms with E-state index >= 15 is 0 Å². The lowest BCUT2D eigenvalue weighted by Crippen LogP contribution is -2.23. The molecule has 0 aliphatic heterocycles. The number of hydrogen-bond acceptors (Lipinski definition) is 6. The minimum absolute atomic E-state index is 0.0659. The fourth-order valence-electron chi connectivity index (χ4n) is 3.94. The number of nitriles is 1. The Morgan fingerprint density at radius 1 is 1.00 bits per heavy atom. The summed E-state index contributed by atoms with van der Waals surface area (Å²) in [7, 11) is 0. The Kier molecular flexibility index (Phi) is 6.54. The van der Waals surface area contributed by atoms with Gasteiger partial charge in [-0.15, -0.1) is 11.3 Å². The lowest BCUT2D eigenvalue weighted by Gasteiger charge is -2.10. The third-order valence-electron chi connectivity index (χ3n) is 5.65. The molecule has 2 aromatic heterocycles. The van der Waals surface area contributed by atoms with Gasteiger partial charge in [-0.2, -0.15) is 5.26 Å². The van der Waals surface area contributed by atoms with Crippen molar-refractivity contribution in [3.8, 4) is 17.2 Å². The number of nitrogens with zero attached hydrogens (tertiary/aromatic N) is 2. The van der Waals surface area contributed by atoms with Crippen molar-refractivity contribution in [2.45, 2.75) is 6.54 Å². The molecule has 4 N–H and O–H groups in total. The van der Waals surface area contributed by atoms with Crippen molar-refractivity contribution in [3.63, 3.8) is 0 Å². The molecule has 36 heavy (non-hydrogen) atoms. The molecule has 0 unspecified atom stereocenters. The number of carbonyl (C=O) groups is 1. The van der Waals surface area contributed by atoms with Crippen LogP contribution in [0.4, 0.5) is 16.5 Å². The molecular weight excluding hydrogens is 490 g/mol. The summed E-state index contributed by atoms with van der Waals surface area (Å²) in [5.41, 5.74) is 10.5. The first kappa shape index (κ1) is 23.4.